The summed E-state index contributed by atoms with van der Waals surface area (Å²) in [4.78, 5) is 39.8. The summed E-state index contributed by atoms with van der Waals surface area (Å²) in [5.74, 6) is -0.394. The molecule has 2 atom stereocenters. The second kappa shape index (κ2) is 10.5. The van der Waals surface area contributed by atoms with Crippen LogP contribution in [0.3, 0.4) is 0 Å². The number of benzene rings is 1. The number of amides is 1. The molecule has 0 saturated carbocycles. The Balaban J connectivity index is 1.69. The number of nitrogens with zero attached hydrogens (tertiary/aromatic N) is 1. The highest BCUT2D eigenvalue weighted by molar-refractivity contribution is 8.04. The zero-order valence-corrected chi connectivity index (χ0v) is 18.0. The number of ether oxygens (including phenoxy) is 2. The Bertz CT molecular complexity index is 835. The average molecular weight is 430 g/mol. The lowest BCUT2D eigenvalue weighted by molar-refractivity contribution is -0.154. The van der Waals surface area contributed by atoms with Crippen molar-refractivity contribution in [3.63, 3.8) is 0 Å². The van der Waals surface area contributed by atoms with E-state index in [-0.39, 0.29) is 42.4 Å². The number of unbranched alkanes of at least 4 members (excludes halogenated alkanes) is 2. The molecule has 6 nitrogen and oxygen atoms in total. The number of hydrogen-bond donors (Lipinski definition) is 0. The van der Waals surface area contributed by atoms with Gasteiger partial charge in [-0.3, -0.25) is 14.5 Å². The Morgan fingerprint density at radius 2 is 2.00 bits per heavy atom. The lowest BCUT2D eigenvalue weighted by Crippen LogP contribution is -2.57. The number of β-lactam (4-membered cyclic amide) rings is 1. The molecular formula is C23H27NO5S. The number of esters is 1. The van der Waals surface area contributed by atoms with Gasteiger partial charge >= 0.3 is 5.97 Å². The lowest BCUT2D eigenvalue weighted by Gasteiger charge is -2.42. The van der Waals surface area contributed by atoms with Crippen LogP contribution >= 0.6 is 11.8 Å². The Morgan fingerprint density at radius 1 is 1.23 bits per heavy atom. The second-order valence-corrected chi connectivity index (χ2v) is 8.50. The van der Waals surface area contributed by atoms with Gasteiger partial charge in [0.05, 0.1) is 16.2 Å². The summed E-state index contributed by atoms with van der Waals surface area (Å²) in [6.07, 6.45) is 5.11. The van der Waals surface area contributed by atoms with Crippen LogP contribution in [0.5, 0.6) is 5.75 Å². The van der Waals surface area contributed by atoms with Crippen LogP contribution in [0.4, 0.5) is 0 Å². The van der Waals surface area contributed by atoms with Crippen molar-refractivity contribution in [2.24, 2.45) is 5.92 Å². The maximum atomic E-state index is 12.8. The summed E-state index contributed by atoms with van der Waals surface area (Å²) in [6, 6.07) is 9.27. The van der Waals surface area contributed by atoms with Gasteiger partial charge in [0.15, 0.2) is 0 Å². The van der Waals surface area contributed by atoms with Gasteiger partial charge in [0.25, 0.3) is 0 Å². The molecule has 0 radical (unpaired) electrons. The molecule has 160 valence electrons. The first-order chi connectivity index (χ1) is 14.6. The van der Waals surface area contributed by atoms with Gasteiger partial charge in [-0.1, -0.05) is 62.4 Å². The highest BCUT2D eigenvalue weighted by atomic mass is 32.2. The van der Waals surface area contributed by atoms with E-state index < -0.39 is 11.9 Å². The molecule has 2 heterocycles. The second-order valence-electron chi connectivity index (χ2n) is 7.28. The number of carbonyl (C=O) groups excluding carboxylic acids is 3. The molecule has 1 aromatic rings. The first-order valence-corrected chi connectivity index (χ1v) is 11.1. The first-order valence-electron chi connectivity index (χ1n) is 10.3. The molecule has 1 saturated heterocycles. The van der Waals surface area contributed by atoms with Crippen molar-refractivity contribution < 1.29 is 23.9 Å². The highest BCUT2D eigenvalue weighted by Crippen LogP contribution is 2.50. The third-order valence-corrected chi connectivity index (χ3v) is 6.44. The van der Waals surface area contributed by atoms with Gasteiger partial charge in [-0.25, -0.2) is 4.79 Å². The zero-order valence-electron chi connectivity index (χ0n) is 17.2. The molecule has 0 aromatic heterocycles. The van der Waals surface area contributed by atoms with E-state index in [0.717, 1.165) is 19.3 Å². The molecular weight excluding hydrogens is 402 g/mol. The number of thioether (sulfide) groups is 1. The van der Waals surface area contributed by atoms with E-state index in [2.05, 4.69) is 13.5 Å². The van der Waals surface area contributed by atoms with Crippen LogP contribution in [-0.2, 0) is 19.1 Å². The van der Waals surface area contributed by atoms with Gasteiger partial charge in [0.2, 0.25) is 5.91 Å². The van der Waals surface area contributed by atoms with Crippen molar-refractivity contribution in [1.82, 2.24) is 4.90 Å². The molecule has 0 bridgehead atoms. The highest BCUT2D eigenvalue weighted by Gasteiger charge is 2.56. The molecule has 3 rings (SSSR count). The minimum absolute atomic E-state index is 0.0614. The summed E-state index contributed by atoms with van der Waals surface area (Å²) in [5.41, 5.74) is 0.225. The van der Waals surface area contributed by atoms with Crippen LogP contribution in [0.2, 0.25) is 0 Å². The number of rotatable bonds is 12. The topological polar surface area (TPSA) is 72.9 Å². The minimum atomic E-state index is -0.572. The van der Waals surface area contributed by atoms with E-state index in [4.69, 9.17) is 9.47 Å². The molecule has 0 aliphatic carbocycles. The van der Waals surface area contributed by atoms with Crippen molar-refractivity contribution in [2.45, 2.75) is 44.4 Å². The number of para-hydroxylation sites is 1. The number of fused-ring (bicyclic) bond motifs is 1. The predicted octanol–water partition coefficient (Wildman–Crippen LogP) is 4.08. The number of Topliss-reactive ketones (excluding diaryl/α,β-unsaturated/α-hetero) is 1. The van der Waals surface area contributed by atoms with E-state index in [1.165, 1.54) is 22.7 Å². The predicted molar refractivity (Wildman–Crippen MR) is 116 cm³/mol. The SMILES string of the molecule is C=CCOC(=O)C1=C(COc2ccccc2)S[C@@H]2[C@H](CC(=O)CCCCC)C(=O)N12. The molecule has 0 unspecified atom stereocenters. The Kier molecular flexibility index (Phi) is 7.74. The fourth-order valence-electron chi connectivity index (χ4n) is 3.52. The zero-order chi connectivity index (χ0) is 21.5. The maximum absolute atomic E-state index is 12.8. The maximum Gasteiger partial charge on any atom is 0.356 e. The standard InChI is InChI=1S/C23H27NO5S/c1-3-5-7-10-16(25)14-18-21(26)24-20(23(27)28-13-4-2)19(30-22(18)24)15-29-17-11-8-6-9-12-17/h4,6,8-9,11-12,18,22H,2-3,5,7,10,13-15H2,1H3/t18-,22-/m1/s1. The number of hydrogen-bond acceptors (Lipinski definition) is 6. The fraction of sp³-hybridized carbons (Fsp3) is 0.435. The molecule has 1 aromatic carbocycles. The smallest absolute Gasteiger partial charge is 0.356 e. The summed E-state index contributed by atoms with van der Waals surface area (Å²) < 4.78 is 11.0. The summed E-state index contributed by atoms with van der Waals surface area (Å²) in [5, 5.41) is -0.256. The molecule has 30 heavy (non-hydrogen) atoms. The van der Waals surface area contributed by atoms with E-state index in [9.17, 15) is 14.4 Å². The molecule has 0 spiro atoms. The van der Waals surface area contributed by atoms with Crippen molar-refractivity contribution in [3.8, 4) is 5.75 Å². The van der Waals surface area contributed by atoms with Crippen LogP contribution in [0.15, 0.2) is 53.6 Å². The summed E-state index contributed by atoms with van der Waals surface area (Å²) >= 11 is 1.41. The van der Waals surface area contributed by atoms with Crippen LogP contribution in [0.25, 0.3) is 0 Å². The van der Waals surface area contributed by atoms with Gasteiger partial charge in [-0.05, 0) is 18.6 Å². The van der Waals surface area contributed by atoms with Gasteiger partial charge in [-0.15, -0.1) is 0 Å². The van der Waals surface area contributed by atoms with Crippen molar-refractivity contribution in [2.75, 3.05) is 13.2 Å². The van der Waals surface area contributed by atoms with E-state index in [1.807, 2.05) is 30.3 Å². The van der Waals surface area contributed by atoms with Crippen LogP contribution in [0, 0.1) is 5.92 Å². The largest absolute Gasteiger partial charge is 0.488 e. The Morgan fingerprint density at radius 3 is 2.70 bits per heavy atom. The van der Waals surface area contributed by atoms with Gasteiger partial charge in [-0.2, -0.15) is 0 Å². The first kappa shape index (κ1) is 22.2. The minimum Gasteiger partial charge on any atom is -0.488 e. The van der Waals surface area contributed by atoms with Crippen LogP contribution in [0.1, 0.15) is 39.0 Å². The Hall–Kier alpha value is -2.54. The van der Waals surface area contributed by atoms with Gasteiger partial charge in [0.1, 0.15) is 30.4 Å². The molecule has 0 N–H and O–H groups in total. The molecule has 1 fully saturated rings. The molecule has 2 aliphatic heterocycles. The van der Waals surface area contributed by atoms with E-state index in [0.29, 0.717) is 17.1 Å². The number of carbonyl (C=O) groups is 3. The van der Waals surface area contributed by atoms with Crippen molar-refractivity contribution >= 4 is 29.4 Å². The lowest BCUT2D eigenvalue weighted by atomic mass is 9.90. The molecule has 1 amide bonds. The Labute approximate surface area is 181 Å². The number of ketones is 1. The average Bonchev–Trinajstić information content (AvgIpc) is 3.10. The quantitative estimate of drug-likeness (QED) is 0.216. The van der Waals surface area contributed by atoms with Crippen LogP contribution in [-0.4, -0.2) is 41.1 Å². The van der Waals surface area contributed by atoms with Gasteiger partial charge < -0.3 is 9.47 Å². The van der Waals surface area contributed by atoms with Crippen LogP contribution < -0.4 is 4.74 Å². The van der Waals surface area contributed by atoms with Crippen molar-refractivity contribution in [3.05, 3.63) is 53.6 Å². The third-order valence-electron chi connectivity index (χ3n) is 5.07. The third kappa shape index (κ3) is 4.95. The molecule has 2 aliphatic rings. The monoisotopic (exact) mass is 429 g/mol. The van der Waals surface area contributed by atoms with E-state index >= 15 is 0 Å². The van der Waals surface area contributed by atoms with E-state index in [1.54, 1.807) is 0 Å². The molecule has 7 heteroatoms. The van der Waals surface area contributed by atoms with Crippen molar-refractivity contribution in [1.29, 1.82) is 0 Å². The normalized spacial score (nSPS) is 19.9. The summed E-state index contributed by atoms with van der Waals surface area (Å²) in [7, 11) is 0. The fourth-order valence-corrected chi connectivity index (χ4v) is 4.93. The summed E-state index contributed by atoms with van der Waals surface area (Å²) in [6.45, 7) is 5.86. The van der Waals surface area contributed by atoms with Gasteiger partial charge in [0, 0.05) is 12.8 Å².